The number of nitrogens with one attached hydrogen (secondary N) is 1. The van der Waals surface area contributed by atoms with Crippen molar-refractivity contribution in [1.82, 2.24) is 4.98 Å². The number of aliphatic carboxylic acids is 1. The highest BCUT2D eigenvalue weighted by atomic mass is 16.6. The number of aromatic nitrogens is 1. The molecule has 2 aromatic rings. The molecule has 2 rings (SSSR count). The molecule has 0 radical (unpaired) electrons. The van der Waals surface area contributed by atoms with Crippen molar-refractivity contribution in [3.8, 4) is 0 Å². The molecule has 0 bridgehead atoms. The van der Waals surface area contributed by atoms with Gasteiger partial charge in [-0.15, -0.1) is 0 Å². The van der Waals surface area contributed by atoms with Crippen molar-refractivity contribution >= 4 is 17.8 Å². The molecule has 0 spiro atoms. The van der Waals surface area contributed by atoms with Crippen LogP contribution in [0.4, 0.5) is 5.82 Å². The molecule has 0 aliphatic rings. The van der Waals surface area contributed by atoms with Crippen molar-refractivity contribution in [2.75, 3.05) is 12.1 Å². The fourth-order valence-electron chi connectivity index (χ4n) is 2.28. The molecule has 7 nitrogen and oxygen atoms in total. The van der Waals surface area contributed by atoms with E-state index < -0.39 is 11.9 Å². The van der Waals surface area contributed by atoms with Crippen LogP contribution in [0.25, 0.3) is 0 Å². The predicted octanol–water partition coefficient (Wildman–Crippen LogP) is 2.97. The highest BCUT2D eigenvalue weighted by Crippen LogP contribution is 2.17. The van der Waals surface area contributed by atoms with Gasteiger partial charge in [0.1, 0.15) is 0 Å². The number of carbonyl (C=O) groups is 2. The number of pyridine rings is 1. The summed E-state index contributed by atoms with van der Waals surface area (Å²) in [5.41, 5.74) is 4.76. The third kappa shape index (κ3) is 6.23. The van der Waals surface area contributed by atoms with Crippen LogP contribution in [-0.4, -0.2) is 33.7 Å². The SMILES string of the molecule is O=C(O)CCCCONc1ncccc1Cc1cccc(C(=O)O)c1. The smallest absolute Gasteiger partial charge is 0.335 e. The number of unbranched alkanes of at least 4 members (excludes halogenated alkanes) is 1. The number of rotatable bonds is 10. The molecule has 0 saturated carbocycles. The van der Waals surface area contributed by atoms with Crippen LogP contribution in [0.2, 0.25) is 0 Å². The second-order valence-electron chi connectivity index (χ2n) is 5.49. The third-order valence-corrected chi connectivity index (χ3v) is 3.52. The zero-order chi connectivity index (χ0) is 18.1. The monoisotopic (exact) mass is 344 g/mol. The van der Waals surface area contributed by atoms with Gasteiger partial charge >= 0.3 is 11.9 Å². The van der Waals surface area contributed by atoms with Crippen molar-refractivity contribution in [2.24, 2.45) is 0 Å². The van der Waals surface area contributed by atoms with Crippen LogP contribution in [0.15, 0.2) is 42.6 Å². The molecule has 1 heterocycles. The number of hydrogen-bond acceptors (Lipinski definition) is 5. The first-order valence-corrected chi connectivity index (χ1v) is 7.92. The summed E-state index contributed by atoms with van der Waals surface area (Å²) < 4.78 is 0. The van der Waals surface area contributed by atoms with E-state index in [4.69, 9.17) is 15.1 Å². The van der Waals surface area contributed by atoms with E-state index in [-0.39, 0.29) is 12.0 Å². The van der Waals surface area contributed by atoms with Crippen LogP contribution in [0.5, 0.6) is 0 Å². The first kappa shape index (κ1) is 18.4. The van der Waals surface area contributed by atoms with Crippen molar-refractivity contribution in [1.29, 1.82) is 0 Å². The van der Waals surface area contributed by atoms with Crippen LogP contribution in [0, 0.1) is 0 Å². The fourth-order valence-corrected chi connectivity index (χ4v) is 2.28. The van der Waals surface area contributed by atoms with Gasteiger partial charge in [-0.3, -0.25) is 9.63 Å². The molecule has 0 amide bonds. The molecule has 1 aromatic carbocycles. The Hall–Kier alpha value is -2.93. The highest BCUT2D eigenvalue weighted by molar-refractivity contribution is 5.87. The fraction of sp³-hybridized carbons (Fsp3) is 0.278. The normalized spacial score (nSPS) is 10.4. The largest absolute Gasteiger partial charge is 0.481 e. The molecular weight excluding hydrogens is 324 g/mol. The van der Waals surface area contributed by atoms with E-state index in [2.05, 4.69) is 10.5 Å². The van der Waals surface area contributed by atoms with Gasteiger partial charge in [0.2, 0.25) is 0 Å². The Bertz CT molecular complexity index is 733. The summed E-state index contributed by atoms with van der Waals surface area (Å²) in [6.07, 6.45) is 3.45. The highest BCUT2D eigenvalue weighted by Gasteiger charge is 2.08. The van der Waals surface area contributed by atoms with Crippen molar-refractivity contribution in [3.63, 3.8) is 0 Å². The molecule has 0 saturated heterocycles. The van der Waals surface area contributed by atoms with E-state index in [0.29, 0.717) is 31.7 Å². The summed E-state index contributed by atoms with van der Waals surface area (Å²) in [6, 6.07) is 10.4. The van der Waals surface area contributed by atoms with E-state index >= 15 is 0 Å². The van der Waals surface area contributed by atoms with Crippen LogP contribution in [0.1, 0.15) is 40.7 Å². The number of hydrogen-bond donors (Lipinski definition) is 3. The molecule has 132 valence electrons. The second kappa shape index (κ2) is 9.39. The Labute approximate surface area is 145 Å². The van der Waals surface area contributed by atoms with Crippen molar-refractivity contribution in [3.05, 3.63) is 59.3 Å². The van der Waals surface area contributed by atoms with Crippen molar-refractivity contribution < 1.29 is 24.6 Å². The van der Waals surface area contributed by atoms with E-state index in [0.717, 1.165) is 11.1 Å². The van der Waals surface area contributed by atoms with E-state index in [1.165, 1.54) is 0 Å². The Kier molecular flexibility index (Phi) is 6.91. The summed E-state index contributed by atoms with van der Waals surface area (Å²) in [5, 5.41) is 17.6. The lowest BCUT2D eigenvalue weighted by atomic mass is 10.0. The second-order valence-corrected chi connectivity index (χ2v) is 5.49. The van der Waals surface area contributed by atoms with Gasteiger partial charge in [-0.1, -0.05) is 18.2 Å². The minimum atomic E-state index is -0.962. The van der Waals surface area contributed by atoms with Crippen LogP contribution < -0.4 is 5.48 Å². The lowest BCUT2D eigenvalue weighted by Gasteiger charge is -2.11. The molecule has 0 atom stereocenters. The molecule has 0 unspecified atom stereocenters. The predicted molar refractivity (Wildman–Crippen MR) is 91.5 cm³/mol. The Morgan fingerprint density at radius 2 is 1.96 bits per heavy atom. The van der Waals surface area contributed by atoms with Gasteiger partial charge in [0.25, 0.3) is 0 Å². The minimum Gasteiger partial charge on any atom is -0.481 e. The summed E-state index contributed by atoms with van der Waals surface area (Å²) in [4.78, 5) is 31.1. The first-order valence-electron chi connectivity index (χ1n) is 7.92. The van der Waals surface area contributed by atoms with Gasteiger partial charge in [0, 0.05) is 24.6 Å². The Balaban J connectivity index is 1.93. The number of benzene rings is 1. The molecular formula is C18H20N2O5. The summed E-state index contributed by atoms with van der Waals surface area (Å²) in [7, 11) is 0. The number of carboxylic acid groups (broad SMARTS) is 2. The quantitative estimate of drug-likeness (QED) is 0.449. The summed E-state index contributed by atoms with van der Waals surface area (Å²) >= 11 is 0. The topological polar surface area (TPSA) is 109 Å². The number of aromatic carboxylic acids is 1. The third-order valence-electron chi connectivity index (χ3n) is 3.52. The maximum absolute atomic E-state index is 11.1. The maximum atomic E-state index is 11.1. The van der Waals surface area contributed by atoms with Gasteiger partial charge in [0.05, 0.1) is 12.2 Å². The van der Waals surface area contributed by atoms with Crippen LogP contribution >= 0.6 is 0 Å². The molecule has 0 aliphatic carbocycles. The van der Waals surface area contributed by atoms with E-state index in [9.17, 15) is 9.59 Å². The zero-order valence-electron chi connectivity index (χ0n) is 13.6. The molecule has 7 heteroatoms. The number of carboxylic acids is 2. The first-order chi connectivity index (χ1) is 12.1. The van der Waals surface area contributed by atoms with E-state index in [1.54, 1.807) is 30.5 Å². The molecule has 0 aliphatic heterocycles. The van der Waals surface area contributed by atoms with Crippen molar-refractivity contribution in [2.45, 2.75) is 25.7 Å². The Morgan fingerprint density at radius 3 is 2.72 bits per heavy atom. The minimum absolute atomic E-state index is 0.123. The Morgan fingerprint density at radius 1 is 1.12 bits per heavy atom. The van der Waals surface area contributed by atoms with Gasteiger partial charge in [-0.2, -0.15) is 0 Å². The summed E-state index contributed by atoms with van der Waals surface area (Å²) in [6.45, 7) is 0.373. The van der Waals surface area contributed by atoms with E-state index in [1.807, 2.05) is 12.1 Å². The standard InChI is InChI=1S/C18H20N2O5/c21-16(22)8-1-2-10-25-20-17-14(7-4-9-19-17)11-13-5-3-6-15(12-13)18(23)24/h3-7,9,12H,1-2,8,10-11H2,(H,19,20)(H,21,22)(H,23,24). The molecule has 0 fully saturated rings. The van der Waals surface area contributed by atoms with Gasteiger partial charge in [-0.05, 0) is 36.6 Å². The average molecular weight is 344 g/mol. The van der Waals surface area contributed by atoms with Gasteiger partial charge in [0.15, 0.2) is 5.82 Å². The molecule has 3 N–H and O–H groups in total. The maximum Gasteiger partial charge on any atom is 0.335 e. The molecule has 1 aromatic heterocycles. The zero-order valence-corrected chi connectivity index (χ0v) is 13.6. The molecule has 25 heavy (non-hydrogen) atoms. The summed E-state index contributed by atoms with van der Waals surface area (Å²) in [5.74, 6) is -1.22. The lowest BCUT2D eigenvalue weighted by molar-refractivity contribution is -0.137. The van der Waals surface area contributed by atoms with Gasteiger partial charge in [-0.25, -0.2) is 15.3 Å². The van der Waals surface area contributed by atoms with Crippen LogP contribution in [-0.2, 0) is 16.1 Å². The van der Waals surface area contributed by atoms with Gasteiger partial charge < -0.3 is 10.2 Å². The average Bonchev–Trinajstić information content (AvgIpc) is 2.59. The number of nitrogens with zero attached hydrogens (tertiary/aromatic N) is 1. The lowest BCUT2D eigenvalue weighted by Crippen LogP contribution is -2.08. The van der Waals surface area contributed by atoms with Crippen LogP contribution in [0.3, 0.4) is 0 Å². The number of anilines is 1.